The van der Waals surface area contributed by atoms with Gasteiger partial charge in [0.2, 0.25) is 0 Å². The molecule has 0 aliphatic carbocycles. The highest BCUT2D eigenvalue weighted by molar-refractivity contribution is 5.96. The number of hydrogen-bond donors (Lipinski definition) is 2. The lowest BCUT2D eigenvalue weighted by Crippen LogP contribution is -2.18. The van der Waals surface area contributed by atoms with Crippen molar-refractivity contribution in [1.82, 2.24) is 10.9 Å². The maximum atomic E-state index is 12.4. The summed E-state index contributed by atoms with van der Waals surface area (Å²) in [5, 5.41) is 7.91. The van der Waals surface area contributed by atoms with Crippen LogP contribution in [0.25, 0.3) is 0 Å². The molecule has 1 aromatic heterocycles. The molecule has 0 fully saturated rings. The van der Waals surface area contributed by atoms with E-state index < -0.39 is 11.8 Å². The zero-order valence-electron chi connectivity index (χ0n) is 23.1. The van der Waals surface area contributed by atoms with Crippen molar-refractivity contribution in [3.05, 3.63) is 155 Å². The van der Waals surface area contributed by atoms with Crippen LogP contribution in [0.15, 0.2) is 136 Å². The van der Waals surface area contributed by atoms with E-state index in [4.69, 9.17) is 13.9 Å². The second-order valence-electron chi connectivity index (χ2n) is 9.25. The molecule has 43 heavy (non-hydrogen) atoms. The highest BCUT2D eigenvalue weighted by atomic mass is 16.5. The standard InChI is InChI=1S/C34H28N4O5/c39-33(37-35-21-25-11-15-29(16-12-25)41-23-27-7-3-1-4-8-27)31-19-20-32(43-31)34(40)38-36-22-26-13-17-30(18-14-26)42-24-28-9-5-2-6-10-28/h1-22H,23-24H2,(H,37,39)(H,38,40). The Balaban J connectivity index is 1.04. The number of nitrogens with one attached hydrogen (secondary N) is 2. The molecule has 214 valence electrons. The van der Waals surface area contributed by atoms with Gasteiger partial charge in [-0.2, -0.15) is 10.2 Å². The van der Waals surface area contributed by atoms with Crippen LogP contribution < -0.4 is 20.3 Å². The van der Waals surface area contributed by atoms with Gasteiger partial charge >= 0.3 is 11.8 Å². The molecule has 9 heteroatoms. The minimum absolute atomic E-state index is 0.0676. The first-order chi connectivity index (χ1) is 21.1. The SMILES string of the molecule is O=C(NN=Cc1ccc(OCc2ccccc2)cc1)c1ccc(C(=O)NN=Cc2ccc(OCc3ccccc3)cc2)o1. The van der Waals surface area contributed by atoms with E-state index in [2.05, 4.69) is 21.1 Å². The highest BCUT2D eigenvalue weighted by Gasteiger charge is 2.15. The fourth-order valence-corrected chi connectivity index (χ4v) is 3.81. The van der Waals surface area contributed by atoms with Gasteiger partial charge in [-0.05, 0) is 82.9 Å². The van der Waals surface area contributed by atoms with Crippen LogP contribution in [0.3, 0.4) is 0 Å². The molecule has 0 bridgehead atoms. The molecule has 5 rings (SSSR count). The monoisotopic (exact) mass is 572 g/mol. The number of benzene rings is 4. The number of hydrogen-bond acceptors (Lipinski definition) is 7. The van der Waals surface area contributed by atoms with Gasteiger partial charge in [0.05, 0.1) is 12.4 Å². The van der Waals surface area contributed by atoms with Gasteiger partial charge in [0.15, 0.2) is 11.5 Å². The van der Waals surface area contributed by atoms with E-state index >= 15 is 0 Å². The molecule has 5 aromatic rings. The van der Waals surface area contributed by atoms with Crippen molar-refractivity contribution in [2.75, 3.05) is 0 Å². The smallest absolute Gasteiger partial charge is 0.307 e. The van der Waals surface area contributed by atoms with Crippen LogP contribution >= 0.6 is 0 Å². The van der Waals surface area contributed by atoms with Crippen LogP contribution in [-0.4, -0.2) is 24.2 Å². The number of nitrogens with zero attached hydrogens (tertiary/aromatic N) is 2. The number of carbonyl (C=O) groups excluding carboxylic acids is 2. The molecule has 0 saturated heterocycles. The third-order valence-electron chi connectivity index (χ3n) is 6.07. The molecule has 9 nitrogen and oxygen atoms in total. The summed E-state index contributed by atoms with van der Waals surface area (Å²) in [6.07, 6.45) is 2.98. The highest BCUT2D eigenvalue weighted by Crippen LogP contribution is 2.15. The molecule has 0 aliphatic heterocycles. The summed E-state index contributed by atoms with van der Waals surface area (Å²) in [5.41, 5.74) is 8.45. The summed E-state index contributed by atoms with van der Waals surface area (Å²) >= 11 is 0. The van der Waals surface area contributed by atoms with Crippen molar-refractivity contribution >= 4 is 24.2 Å². The number of ether oxygens (including phenoxy) is 2. The van der Waals surface area contributed by atoms with Crippen LogP contribution in [0.2, 0.25) is 0 Å². The number of furan rings is 1. The zero-order chi connectivity index (χ0) is 29.7. The van der Waals surface area contributed by atoms with E-state index in [1.54, 1.807) is 0 Å². The molecule has 2 amide bonds. The van der Waals surface area contributed by atoms with Crippen molar-refractivity contribution in [3.8, 4) is 11.5 Å². The fourth-order valence-electron chi connectivity index (χ4n) is 3.81. The molecule has 0 unspecified atom stereocenters. The van der Waals surface area contributed by atoms with E-state index in [0.29, 0.717) is 13.2 Å². The number of amides is 2. The largest absolute Gasteiger partial charge is 0.489 e. The van der Waals surface area contributed by atoms with Gasteiger partial charge in [-0.15, -0.1) is 0 Å². The average Bonchev–Trinajstić information content (AvgIpc) is 3.56. The molecule has 0 spiro atoms. The van der Waals surface area contributed by atoms with Crippen molar-refractivity contribution in [1.29, 1.82) is 0 Å². The van der Waals surface area contributed by atoms with Gasteiger partial charge in [0.25, 0.3) is 0 Å². The van der Waals surface area contributed by atoms with E-state index in [0.717, 1.165) is 33.8 Å². The van der Waals surface area contributed by atoms with E-state index in [1.807, 2.05) is 109 Å². The van der Waals surface area contributed by atoms with E-state index in [-0.39, 0.29) is 11.5 Å². The average molecular weight is 573 g/mol. The van der Waals surface area contributed by atoms with E-state index in [1.165, 1.54) is 24.6 Å². The topological polar surface area (TPSA) is 115 Å². The van der Waals surface area contributed by atoms with Crippen molar-refractivity contribution in [2.45, 2.75) is 13.2 Å². The Morgan fingerprint density at radius 2 is 0.953 bits per heavy atom. The Morgan fingerprint density at radius 3 is 1.35 bits per heavy atom. The Labute approximate surface area is 248 Å². The predicted molar refractivity (Wildman–Crippen MR) is 163 cm³/mol. The van der Waals surface area contributed by atoms with Crippen LogP contribution in [0.4, 0.5) is 0 Å². The lowest BCUT2D eigenvalue weighted by Gasteiger charge is -2.06. The van der Waals surface area contributed by atoms with Gasteiger partial charge in [0.1, 0.15) is 24.7 Å². The molecule has 0 radical (unpaired) electrons. The second-order valence-corrected chi connectivity index (χ2v) is 9.25. The first-order valence-electron chi connectivity index (χ1n) is 13.4. The summed E-state index contributed by atoms with van der Waals surface area (Å²) in [4.78, 5) is 24.8. The third kappa shape index (κ3) is 8.76. The number of hydrazone groups is 2. The van der Waals surface area contributed by atoms with Gasteiger partial charge in [0, 0.05) is 0 Å². The van der Waals surface area contributed by atoms with Crippen molar-refractivity contribution in [3.63, 3.8) is 0 Å². The summed E-state index contributed by atoms with van der Waals surface area (Å²) in [6, 6.07) is 37.1. The summed E-state index contributed by atoms with van der Waals surface area (Å²) in [5.74, 6) is 0.104. The molecule has 4 aromatic carbocycles. The quantitative estimate of drug-likeness (QED) is 0.141. The molecule has 2 N–H and O–H groups in total. The normalized spacial score (nSPS) is 11.0. The fraction of sp³-hybridized carbons (Fsp3) is 0.0588. The molecular formula is C34H28N4O5. The van der Waals surface area contributed by atoms with Crippen molar-refractivity contribution < 1.29 is 23.5 Å². The number of rotatable bonds is 12. The maximum absolute atomic E-state index is 12.4. The second kappa shape index (κ2) is 14.6. The number of carbonyl (C=O) groups is 2. The lowest BCUT2D eigenvalue weighted by atomic mass is 10.2. The molecule has 0 aliphatic rings. The Hall–Kier alpha value is -5.96. The van der Waals surface area contributed by atoms with Gasteiger partial charge in [-0.1, -0.05) is 60.7 Å². The Kier molecular flexibility index (Phi) is 9.70. The van der Waals surface area contributed by atoms with Crippen LogP contribution in [0.1, 0.15) is 43.4 Å². The summed E-state index contributed by atoms with van der Waals surface area (Å²) < 4.78 is 16.9. The predicted octanol–water partition coefficient (Wildman–Crippen LogP) is 5.97. The van der Waals surface area contributed by atoms with Gasteiger partial charge < -0.3 is 13.9 Å². The first-order valence-corrected chi connectivity index (χ1v) is 13.4. The van der Waals surface area contributed by atoms with Crippen LogP contribution in [-0.2, 0) is 13.2 Å². The molecule has 0 saturated carbocycles. The first kappa shape index (κ1) is 28.6. The van der Waals surface area contributed by atoms with Crippen molar-refractivity contribution in [2.24, 2.45) is 10.2 Å². The Bertz CT molecular complexity index is 1560. The van der Waals surface area contributed by atoms with E-state index in [9.17, 15) is 9.59 Å². The van der Waals surface area contributed by atoms with Gasteiger partial charge in [-0.3, -0.25) is 9.59 Å². The summed E-state index contributed by atoms with van der Waals surface area (Å²) in [7, 11) is 0. The van der Waals surface area contributed by atoms with Gasteiger partial charge in [-0.25, -0.2) is 10.9 Å². The molecule has 1 heterocycles. The minimum Gasteiger partial charge on any atom is -0.489 e. The lowest BCUT2D eigenvalue weighted by molar-refractivity contribution is 0.0902. The van der Waals surface area contributed by atoms with Crippen LogP contribution in [0.5, 0.6) is 11.5 Å². The van der Waals surface area contributed by atoms with Crippen LogP contribution in [0, 0.1) is 0 Å². The minimum atomic E-state index is -0.601. The summed E-state index contributed by atoms with van der Waals surface area (Å²) in [6.45, 7) is 0.943. The maximum Gasteiger partial charge on any atom is 0.307 e. The Morgan fingerprint density at radius 1 is 0.558 bits per heavy atom. The molecular weight excluding hydrogens is 544 g/mol. The third-order valence-corrected chi connectivity index (χ3v) is 6.07. The zero-order valence-corrected chi connectivity index (χ0v) is 23.1. The molecule has 0 atom stereocenters.